The Labute approximate surface area is 198 Å². The third kappa shape index (κ3) is 6.25. The molecule has 166 valence electrons. The molecule has 1 saturated heterocycles. The number of nitrogens with zero attached hydrogens (tertiary/aromatic N) is 3. The van der Waals surface area contributed by atoms with Crippen molar-refractivity contribution in [2.45, 2.75) is 11.3 Å². The van der Waals surface area contributed by atoms with E-state index in [1.54, 1.807) is 0 Å². The summed E-state index contributed by atoms with van der Waals surface area (Å²) < 4.78 is 0. The van der Waals surface area contributed by atoms with Crippen LogP contribution in [0.15, 0.2) is 78.0 Å². The molecule has 1 aliphatic rings. The quantitative estimate of drug-likeness (QED) is 0.482. The van der Waals surface area contributed by atoms with Gasteiger partial charge in [-0.1, -0.05) is 35.9 Å². The van der Waals surface area contributed by atoms with Crippen molar-refractivity contribution in [1.82, 2.24) is 9.88 Å². The van der Waals surface area contributed by atoms with E-state index in [0.29, 0.717) is 10.8 Å². The minimum atomic E-state index is -0.0293. The highest BCUT2D eigenvalue weighted by Gasteiger charge is 2.19. The van der Waals surface area contributed by atoms with Crippen LogP contribution in [0.4, 0.5) is 11.4 Å². The molecule has 0 unspecified atom stereocenters. The fourth-order valence-corrected chi connectivity index (χ4v) is 4.83. The summed E-state index contributed by atoms with van der Waals surface area (Å²) in [5.74, 6) is 0.291. The van der Waals surface area contributed by atoms with Crippen LogP contribution in [0, 0.1) is 0 Å². The number of anilines is 2. The normalized spacial score (nSPS) is 14.3. The second-order valence-corrected chi connectivity index (χ2v) is 9.14. The van der Waals surface area contributed by atoms with Gasteiger partial charge in [0.25, 0.3) is 0 Å². The molecule has 0 radical (unpaired) electrons. The molecular formula is C25H27ClN4OS. The number of para-hydroxylation sites is 2. The molecule has 0 aliphatic carbocycles. The standard InChI is InChI=1S/C25H27ClN4OS/c26-21-5-1-4-8-24(21)32-19-25(31)28-22-6-2-3-7-23(22)30-17-15-29(16-18-30)14-11-20-9-12-27-13-10-20/h1-10,12-13H,11,14-19H2,(H,28,31). The summed E-state index contributed by atoms with van der Waals surface area (Å²) in [5, 5.41) is 3.76. The van der Waals surface area contributed by atoms with Crippen LogP contribution in [0.3, 0.4) is 0 Å². The first-order valence-corrected chi connectivity index (χ1v) is 12.2. The molecule has 1 aromatic heterocycles. The average Bonchev–Trinajstić information content (AvgIpc) is 2.84. The van der Waals surface area contributed by atoms with Gasteiger partial charge in [-0.25, -0.2) is 0 Å². The van der Waals surface area contributed by atoms with E-state index in [1.165, 1.54) is 17.3 Å². The van der Waals surface area contributed by atoms with E-state index in [-0.39, 0.29) is 5.91 Å². The number of nitrogens with one attached hydrogen (secondary N) is 1. The second-order valence-electron chi connectivity index (χ2n) is 7.72. The van der Waals surface area contributed by atoms with Crippen LogP contribution in [0.25, 0.3) is 0 Å². The van der Waals surface area contributed by atoms with Crippen LogP contribution < -0.4 is 10.2 Å². The van der Waals surface area contributed by atoms with Gasteiger partial charge in [-0.2, -0.15) is 0 Å². The first kappa shape index (κ1) is 22.6. The van der Waals surface area contributed by atoms with E-state index < -0.39 is 0 Å². The molecule has 7 heteroatoms. The zero-order valence-electron chi connectivity index (χ0n) is 17.9. The van der Waals surface area contributed by atoms with E-state index in [1.807, 2.05) is 54.9 Å². The number of amides is 1. The summed E-state index contributed by atoms with van der Waals surface area (Å²) in [4.78, 5) is 22.5. The molecule has 0 bridgehead atoms. The maximum Gasteiger partial charge on any atom is 0.234 e. The lowest BCUT2D eigenvalue weighted by Gasteiger charge is -2.37. The van der Waals surface area contributed by atoms with Crippen molar-refractivity contribution >= 4 is 40.6 Å². The minimum Gasteiger partial charge on any atom is -0.367 e. The molecule has 0 atom stereocenters. The fourth-order valence-electron chi connectivity index (χ4n) is 3.80. The molecule has 4 rings (SSSR count). The summed E-state index contributed by atoms with van der Waals surface area (Å²) in [6.45, 7) is 4.95. The Kier molecular flexibility index (Phi) is 8.04. The number of carbonyl (C=O) groups is 1. The van der Waals surface area contributed by atoms with Gasteiger partial charge in [-0.05, 0) is 48.4 Å². The molecule has 5 nitrogen and oxygen atoms in total. The van der Waals surface area contributed by atoms with Gasteiger partial charge < -0.3 is 10.2 Å². The molecule has 2 aromatic carbocycles. The maximum atomic E-state index is 12.6. The predicted molar refractivity (Wildman–Crippen MR) is 134 cm³/mol. The molecule has 0 saturated carbocycles. The largest absolute Gasteiger partial charge is 0.367 e. The van der Waals surface area contributed by atoms with Gasteiger partial charge in [0.2, 0.25) is 5.91 Å². The number of thioether (sulfide) groups is 1. The molecule has 3 aromatic rings. The molecule has 0 spiro atoms. The Morgan fingerprint density at radius 1 is 0.969 bits per heavy atom. The summed E-state index contributed by atoms with van der Waals surface area (Å²) in [6, 6.07) is 19.8. The molecule has 1 amide bonds. The Balaban J connectivity index is 1.29. The van der Waals surface area contributed by atoms with E-state index in [2.05, 4.69) is 38.3 Å². The smallest absolute Gasteiger partial charge is 0.234 e. The van der Waals surface area contributed by atoms with Crippen LogP contribution in [-0.4, -0.2) is 54.3 Å². The fraction of sp³-hybridized carbons (Fsp3) is 0.280. The van der Waals surface area contributed by atoms with Crippen molar-refractivity contribution in [1.29, 1.82) is 0 Å². The molecule has 1 fully saturated rings. The number of hydrogen-bond acceptors (Lipinski definition) is 5. The lowest BCUT2D eigenvalue weighted by Crippen LogP contribution is -2.47. The Morgan fingerprint density at radius 2 is 1.69 bits per heavy atom. The number of aromatic nitrogens is 1. The molecule has 2 heterocycles. The SMILES string of the molecule is O=C(CSc1ccccc1Cl)Nc1ccccc1N1CCN(CCc2ccncc2)CC1. The second kappa shape index (κ2) is 11.4. The maximum absolute atomic E-state index is 12.6. The van der Waals surface area contributed by atoms with Crippen molar-refractivity contribution in [3.8, 4) is 0 Å². The van der Waals surface area contributed by atoms with Crippen molar-refractivity contribution in [3.63, 3.8) is 0 Å². The third-order valence-electron chi connectivity index (χ3n) is 5.55. The van der Waals surface area contributed by atoms with E-state index in [4.69, 9.17) is 11.6 Å². The van der Waals surface area contributed by atoms with E-state index >= 15 is 0 Å². The molecule has 32 heavy (non-hydrogen) atoms. The van der Waals surface area contributed by atoms with Crippen molar-refractivity contribution < 1.29 is 4.79 Å². The van der Waals surface area contributed by atoms with Gasteiger partial charge in [0.05, 0.1) is 22.2 Å². The van der Waals surface area contributed by atoms with Crippen molar-refractivity contribution in [3.05, 3.63) is 83.6 Å². The van der Waals surface area contributed by atoms with Gasteiger partial charge >= 0.3 is 0 Å². The van der Waals surface area contributed by atoms with Gasteiger partial charge in [-0.15, -0.1) is 11.8 Å². The predicted octanol–water partition coefficient (Wildman–Crippen LogP) is 4.83. The number of carbonyl (C=O) groups excluding carboxylic acids is 1. The van der Waals surface area contributed by atoms with Crippen LogP contribution in [0.2, 0.25) is 5.02 Å². The molecule has 1 aliphatic heterocycles. The third-order valence-corrected chi connectivity index (χ3v) is 7.07. The summed E-state index contributed by atoms with van der Waals surface area (Å²) in [7, 11) is 0. The van der Waals surface area contributed by atoms with Gasteiger partial charge in [0.15, 0.2) is 0 Å². The van der Waals surface area contributed by atoms with Crippen LogP contribution in [0.5, 0.6) is 0 Å². The zero-order chi connectivity index (χ0) is 22.2. The van der Waals surface area contributed by atoms with Crippen LogP contribution in [0.1, 0.15) is 5.56 Å². The highest BCUT2D eigenvalue weighted by molar-refractivity contribution is 8.00. The van der Waals surface area contributed by atoms with Gasteiger partial charge in [0.1, 0.15) is 0 Å². The summed E-state index contributed by atoms with van der Waals surface area (Å²) >= 11 is 7.65. The average molecular weight is 467 g/mol. The first-order chi connectivity index (χ1) is 15.7. The number of hydrogen-bond donors (Lipinski definition) is 1. The van der Waals surface area contributed by atoms with Crippen molar-refractivity contribution in [2.75, 3.05) is 48.7 Å². The highest BCUT2D eigenvalue weighted by Crippen LogP contribution is 2.29. The van der Waals surface area contributed by atoms with Crippen LogP contribution in [-0.2, 0) is 11.2 Å². The van der Waals surface area contributed by atoms with Gasteiger partial charge in [-0.3, -0.25) is 14.7 Å². The highest BCUT2D eigenvalue weighted by atomic mass is 35.5. The van der Waals surface area contributed by atoms with E-state index in [0.717, 1.165) is 55.4 Å². The summed E-state index contributed by atoms with van der Waals surface area (Å²) in [6.07, 6.45) is 4.75. The Morgan fingerprint density at radius 3 is 2.47 bits per heavy atom. The zero-order valence-corrected chi connectivity index (χ0v) is 19.5. The monoisotopic (exact) mass is 466 g/mol. The van der Waals surface area contributed by atoms with Crippen LogP contribution >= 0.6 is 23.4 Å². The van der Waals surface area contributed by atoms with Gasteiger partial charge in [0, 0.05) is 50.0 Å². The Hall–Kier alpha value is -2.54. The Bertz CT molecular complexity index is 1030. The number of halogens is 1. The molecular weight excluding hydrogens is 440 g/mol. The number of benzene rings is 2. The summed E-state index contributed by atoms with van der Waals surface area (Å²) in [5.41, 5.74) is 3.27. The minimum absolute atomic E-state index is 0.0293. The number of piperazine rings is 1. The van der Waals surface area contributed by atoms with Crippen molar-refractivity contribution in [2.24, 2.45) is 0 Å². The number of rotatable bonds is 8. The lowest BCUT2D eigenvalue weighted by molar-refractivity contribution is -0.113. The molecule has 1 N–H and O–H groups in total. The topological polar surface area (TPSA) is 48.5 Å². The van der Waals surface area contributed by atoms with E-state index in [9.17, 15) is 4.79 Å². The lowest BCUT2D eigenvalue weighted by atomic mass is 10.1. The number of pyridine rings is 1. The first-order valence-electron chi connectivity index (χ1n) is 10.8.